The number of nitrogens with zero attached hydrogens (tertiary/aromatic N) is 2. The van der Waals surface area contributed by atoms with Gasteiger partial charge in [-0.25, -0.2) is 4.39 Å². The Morgan fingerprint density at radius 2 is 2.29 bits per heavy atom. The second-order valence-electron chi connectivity index (χ2n) is 4.00. The SMILES string of the molecule is Cn1cc(CC(N)c2cc(F)ccc2Br)cn1. The summed E-state index contributed by atoms with van der Waals surface area (Å²) >= 11 is 3.38. The van der Waals surface area contributed by atoms with Gasteiger partial charge in [-0.15, -0.1) is 0 Å². The number of hydrogen-bond acceptors (Lipinski definition) is 2. The van der Waals surface area contributed by atoms with E-state index >= 15 is 0 Å². The van der Waals surface area contributed by atoms with Crippen LogP contribution in [0.15, 0.2) is 35.1 Å². The zero-order valence-corrected chi connectivity index (χ0v) is 11.0. The largest absolute Gasteiger partial charge is 0.324 e. The van der Waals surface area contributed by atoms with Crippen molar-refractivity contribution in [2.75, 3.05) is 0 Å². The van der Waals surface area contributed by atoms with Crippen LogP contribution in [0.5, 0.6) is 0 Å². The van der Waals surface area contributed by atoms with Crippen molar-refractivity contribution in [3.63, 3.8) is 0 Å². The van der Waals surface area contributed by atoms with Gasteiger partial charge in [0.2, 0.25) is 0 Å². The number of benzene rings is 1. The Hall–Kier alpha value is -1.20. The standard InChI is InChI=1S/C12H13BrFN3/c1-17-7-8(6-16-17)4-12(15)10-5-9(14)2-3-11(10)13/h2-3,5-7,12H,4,15H2,1H3. The molecule has 0 saturated carbocycles. The fourth-order valence-corrected chi connectivity index (χ4v) is 2.28. The van der Waals surface area contributed by atoms with Crippen LogP contribution >= 0.6 is 15.9 Å². The Kier molecular flexibility index (Phi) is 3.59. The topological polar surface area (TPSA) is 43.8 Å². The van der Waals surface area contributed by atoms with Crippen molar-refractivity contribution in [2.45, 2.75) is 12.5 Å². The quantitative estimate of drug-likeness (QED) is 0.946. The molecule has 2 N–H and O–H groups in total. The van der Waals surface area contributed by atoms with E-state index < -0.39 is 0 Å². The van der Waals surface area contributed by atoms with Gasteiger partial charge in [0.15, 0.2) is 0 Å². The number of aromatic nitrogens is 2. The lowest BCUT2D eigenvalue weighted by Gasteiger charge is -2.12. The van der Waals surface area contributed by atoms with E-state index in [9.17, 15) is 4.39 Å². The van der Waals surface area contributed by atoms with Crippen LogP contribution in [0.1, 0.15) is 17.2 Å². The molecule has 0 radical (unpaired) electrons. The van der Waals surface area contributed by atoms with Crippen molar-refractivity contribution in [2.24, 2.45) is 12.8 Å². The second kappa shape index (κ2) is 4.98. The van der Waals surface area contributed by atoms with E-state index in [1.807, 2.05) is 13.2 Å². The monoisotopic (exact) mass is 297 g/mol. The minimum Gasteiger partial charge on any atom is -0.324 e. The van der Waals surface area contributed by atoms with E-state index in [1.165, 1.54) is 12.1 Å². The fraction of sp³-hybridized carbons (Fsp3) is 0.250. The molecule has 0 bridgehead atoms. The van der Waals surface area contributed by atoms with Crippen molar-refractivity contribution in [1.82, 2.24) is 9.78 Å². The van der Waals surface area contributed by atoms with Gasteiger partial charge in [0.1, 0.15) is 5.82 Å². The Bertz CT molecular complexity index is 524. The molecule has 1 heterocycles. The molecule has 90 valence electrons. The summed E-state index contributed by atoms with van der Waals surface area (Å²) in [5.74, 6) is -0.273. The lowest BCUT2D eigenvalue weighted by atomic mass is 10.0. The van der Waals surface area contributed by atoms with Gasteiger partial charge < -0.3 is 5.73 Å². The highest BCUT2D eigenvalue weighted by Gasteiger charge is 2.12. The molecule has 1 aromatic heterocycles. The van der Waals surface area contributed by atoms with Crippen LogP contribution in [-0.4, -0.2) is 9.78 Å². The molecule has 1 atom stereocenters. The summed E-state index contributed by atoms with van der Waals surface area (Å²) in [6, 6.07) is 4.30. The number of hydrogen-bond donors (Lipinski definition) is 1. The average Bonchev–Trinajstić information content (AvgIpc) is 2.67. The van der Waals surface area contributed by atoms with Gasteiger partial charge >= 0.3 is 0 Å². The van der Waals surface area contributed by atoms with E-state index in [0.29, 0.717) is 6.42 Å². The second-order valence-corrected chi connectivity index (χ2v) is 4.85. The molecular weight excluding hydrogens is 285 g/mol. The number of rotatable bonds is 3. The average molecular weight is 298 g/mol. The van der Waals surface area contributed by atoms with Gasteiger partial charge in [-0.1, -0.05) is 15.9 Å². The first-order valence-electron chi connectivity index (χ1n) is 5.24. The lowest BCUT2D eigenvalue weighted by molar-refractivity contribution is 0.617. The molecule has 0 spiro atoms. The van der Waals surface area contributed by atoms with Crippen molar-refractivity contribution in [3.05, 3.63) is 52.0 Å². The molecule has 2 rings (SSSR count). The minimum atomic E-state index is -0.273. The summed E-state index contributed by atoms with van der Waals surface area (Å²) in [4.78, 5) is 0. The van der Waals surface area contributed by atoms with Crippen LogP contribution in [0.25, 0.3) is 0 Å². The molecular formula is C12H13BrFN3. The summed E-state index contributed by atoms with van der Waals surface area (Å²) in [5, 5.41) is 4.08. The molecule has 17 heavy (non-hydrogen) atoms. The normalized spacial score (nSPS) is 12.7. The molecule has 5 heteroatoms. The van der Waals surface area contributed by atoms with Crippen LogP contribution in [-0.2, 0) is 13.5 Å². The first-order valence-corrected chi connectivity index (χ1v) is 6.03. The highest BCUT2D eigenvalue weighted by Crippen LogP contribution is 2.25. The molecule has 0 aliphatic rings. The summed E-state index contributed by atoms with van der Waals surface area (Å²) in [6.45, 7) is 0. The molecule has 0 amide bonds. The Labute approximate surface area is 108 Å². The molecule has 0 aliphatic heterocycles. The molecule has 0 saturated heterocycles. The smallest absolute Gasteiger partial charge is 0.123 e. The van der Waals surface area contributed by atoms with Gasteiger partial charge in [0, 0.05) is 23.8 Å². The van der Waals surface area contributed by atoms with E-state index in [0.717, 1.165) is 15.6 Å². The molecule has 0 fully saturated rings. The Balaban J connectivity index is 2.19. The lowest BCUT2D eigenvalue weighted by Crippen LogP contribution is -2.14. The number of nitrogens with two attached hydrogens (primary N) is 1. The summed E-state index contributed by atoms with van der Waals surface area (Å²) < 4.78 is 15.7. The van der Waals surface area contributed by atoms with Crippen LogP contribution in [0, 0.1) is 5.82 Å². The summed E-state index contributed by atoms with van der Waals surface area (Å²) in [5.41, 5.74) is 7.88. The molecule has 2 aromatic rings. The third kappa shape index (κ3) is 2.92. The number of aryl methyl sites for hydroxylation is 1. The van der Waals surface area contributed by atoms with Gasteiger partial charge in [0.05, 0.1) is 6.20 Å². The summed E-state index contributed by atoms with van der Waals surface area (Å²) in [7, 11) is 1.85. The van der Waals surface area contributed by atoms with Gasteiger partial charge in [-0.2, -0.15) is 5.10 Å². The summed E-state index contributed by atoms with van der Waals surface area (Å²) in [6.07, 6.45) is 4.32. The zero-order valence-electron chi connectivity index (χ0n) is 9.40. The first kappa shape index (κ1) is 12.3. The maximum atomic E-state index is 13.2. The maximum absolute atomic E-state index is 13.2. The predicted molar refractivity (Wildman–Crippen MR) is 67.9 cm³/mol. The van der Waals surface area contributed by atoms with E-state index in [1.54, 1.807) is 16.9 Å². The van der Waals surface area contributed by atoms with Gasteiger partial charge in [0.25, 0.3) is 0 Å². The Morgan fingerprint density at radius 3 is 2.94 bits per heavy atom. The van der Waals surface area contributed by atoms with Crippen LogP contribution in [0.3, 0.4) is 0 Å². The third-order valence-corrected chi connectivity index (χ3v) is 3.29. The zero-order chi connectivity index (χ0) is 12.4. The maximum Gasteiger partial charge on any atom is 0.123 e. The predicted octanol–water partition coefficient (Wildman–Crippen LogP) is 2.56. The molecule has 1 unspecified atom stereocenters. The van der Waals surface area contributed by atoms with Crippen molar-refractivity contribution in [3.8, 4) is 0 Å². The molecule has 0 aliphatic carbocycles. The van der Waals surface area contributed by atoms with E-state index in [4.69, 9.17) is 5.73 Å². The van der Waals surface area contributed by atoms with Crippen molar-refractivity contribution < 1.29 is 4.39 Å². The van der Waals surface area contributed by atoms with Gasteiger partial charge in [-0.3, -0.25) is 4.68 Å². The van der Waals surface area contributed by atoms with Crippen molar-refractivity contribution >= 4 is 15.9 Å². The Morgan fingerprint density at radius 1 is 1.53 bits per heavy atom. The van der Waals surface area contributed by atoms with Gasteiger partial charge in [-0.05, 0) is 35.7 Å². The molecule has 1 aromatic carbocycles. The van der Waals surface area contributed by atoms with Crippen LogP contribution in [0.4, 0.5) is 4.39 Å². The third-order valence-electron chi connectivity index (χ3n) is 2.57. The highest BCUT2D eigenvalue weighted by molar-refractivity contribution is 9.10. The van der Waals surface area contributed by atoms with E-state index in [-0.39, 0.29) is 11.9 Å². The fourth-order valence-electron chi connectivity index (χ4n) is 1.74. The highest BCUT2D eigenvalue weighted by atomic mass is 79.9. The first-order chi connectivity index (χ1) is 8.06. The number of halogens is 2. The van der Waals surface area contributed by atoms with E-state index in [2.05, 4.69) is 21.0 Å². The van der Waals surface area contributed by atoms with Crippen LogP contribution in [0.2, 0.25) is 0 Å². The minimum absolute atomic E-state index is 0.246. The van der Waals surface area contributed by atoms with Crippen LogP contribution < -0.4 is 5.73 Å². The van der Waals surface area contributed by atoms with Crippen molar-refractivity contribution in [1.29, 1.82) is 0 Å². The molecule has 3 nitrogen and oxygen atoms in total.